The molecule has 2 nitrogen and oxygen atoms in total. The van der Waals surface area contributed by atoms with Gasteiger partial charge in [-0.3, -0.25) is 0 Å². The van der Waals surface area contributed by atoms with Crippen molar-refractivity contribution in [2.75, 3.05) is 19.6 Å². The normalized spacial score (nSPS) is 20.4. The molecular formula is C18H28ClNO. The Morgan fingerprint density at radius 1 is 1.19 bits per heavy atom. The number of aliphatic hydroxyl groups is 1. The highest BCUT2D eigenvalue weighted by molar-refractivity contribution is 6.31. The lowest BCUT2D eigenvalue weighted by molar-refractivity contribution is 0.0782. The summed E-state index contributed by atoms with van der Waals surface area (Å²) in [6.07, 6.45) is 5.47. The number of benzene rings is 1. The van der Waals surface area contributed by atoms with Crippen LogP contribution >= 0.6 is 11.6 Å². The molecule has 1 aromatic rings. The Morgan fingerprint density at radius 3 is 2.38 bits per heavy atom. The van der Waals surface area contributed by atoms with Crippen LogP contribution < -0.4 is 0 Å². The minimum absolute atomic E-state index is 0.456. The van der Waals surface area contributed by atoms with Crippen LogP contribution in [0, 0.1) is 5.41 Å². The van der Waals surface area contributed by atoms with E-state index in [0.29, 0.717) is 10.4 Å². The number of halogens is 1. The maximum atomic E-state index is 10.3. The van der Waals surface area contributed by atoms with Crippen LogP contribution in [0.4, 0.5) is 0 Å². The number of aliphatic hydroxyl groups excluding tert-OH is 1. The van der Waals surface area contributed by atoms with Crippen LogP contribution in [-0.2, 0) is 0 Å². The fourth-order valence-electron chi connectivity index (χ4n) is 3.41. The zero-order valence-electron chi connectivity index (χ0n) is 13.3. The molecule has 1 fully saturated rings. The topological polar surface area (TPSA) is 23.5 Å². The molecule has 0 spiro atoms. The third kappa shape index (κ3) is 4.21. The summed E-state index contributed by atoms with van der Waals surface area (Å²) >= 11 is 6.14. The largest absolute Gasteiger partial charge is 0.388 e. The van der Waals surface area contributed by atoms with Gasteiger partial charge < -0.3 is 10.0 Å². The van der Waals surface area contributed by atoms with Crippen molar-refractivity contribution in [1.29, 1.82) is 0 Å². The molecule has 1 N–H and O–H groups in total. The Kier molecular flexibility index (Phi) is 6.09. The zero-order chi connectivity index (χ0) is 15.3. The highest BCUT2D eigenvalue weighted by Gasteiger charge is 2.31. The molecule has 21 heavy (non-hydrogen) atoms. The smallest absolute Gasteiger partial charge is 0.0816 e. The van der Waals surface area contributed by atoms with Crippen LogP contribution in [0.2, 0.25) is 5.02 Å². The molecule has 118 valence electrons. The van der Waals surface area contributed by atoms with E-state index in [1.54, 1.807) is 0 Å². The van der Waals surface area contributed by atoms with E-state index in [2.05, 4.69) is 18.7 Å². The average Bonchev–Trinajstić information content (AvgIpc) is 2.53. The van der Waals surface area contributed by atoms with E-state index in [4.69, 9.17) is 11.6 Å². The van der Waals surface area contributed by atoms with Gasteiger partial charge in [0.2, 0.25) is 0 Å². The van der Waals surface area contributed by atoms with Crippen molar-refractivity contribution in [1.82, 2.24) is 4.90 Å². The van der Waals surface area contributed by atoms with E-state index in [0.717, 1.165) is 31.6 Å². The molecule has 1 saturated heterocycles. The van der Waals surface area contributed by atoms with Gasteiger partial charge in [0, 0.05) is 11.6 Å². The number of piperidine rings is 1. The lowest BCUT2D eigenvalue weighted by atomic mass is 9.74. The standard InChI is InChI=1S/C18H28ClNO/c1-3-18(4-2)10-13-20(14-11-18)12-9-17(21)15-7-5-6-8-16(15)19/h5-8,17,21H,3-4,9-14H2,1-2H3. The van der Waals surface area contributed by atoms with Gasteiger partial charge in [-0.1, -0.05) is 56.5 Å². The van der Waals surface area contributed by atoms with Crippen LogP contribution in [0.3, 0.4) is 0 Å². The Hall–Kier alpha value is -0.570. The van der Waals surface area contributed by atoms with Crippen molar-refractivity contribution in [2.24, 2.45) is 5.41 Å². The van der Waals surface area contributed by atoms with Crippen molar-refractivity contribution >= 4 is 11.6 Å². The second-order valence-electron chi connectivity index (χ2n) is 6.37. The maximum Gasteiger partial charge on any atom is 0.0816 e. The van der Waals surface area contributed by atoms with Crippen molar-refractivity contribution in [3.63, 3.8) is 0 Å². The van der Waals surface area contributed by atoms with E-state index in [-0.39, 0.29) is 0 Å². The molecular weight excluding hydrogens is 282 g/mol. The first kappa shape index (κ1) is 16.8. The Labute approximate surface area is 134 Å². The van der Waals surface area contributed by atoms with E-state index in [1.807, 2.05) is 24.3 Å². The number of likely N-dealkylation sites (tertiary alicyclic amines) is 1. The number of hydrogen-bond acceptors (Lipinski definition) is 2. The van der Waals surface area contributed by atoms with E-state index >= 15 is 0 Å². The molecule has 1 aliphatic heterocycles. The minimum Gasteiger partial charge on any atom is -0.388 e. The number of hydrogen-bond donors (Lipinski definition) is 1. The summed E-state index contributed by atoms with van der Waals surface area (Å²) in [5.74, 6) is 0. The second kappa shape index (κ2) is 7.62. The molecule has 1 unspecified atom stereocenters. The van der Waals surface area contributed by atoms with Crippen LogP contribution in [0.1, 0.15) is 57.6 Å². The van der Waals surface area contributed by atoms with Gasteiger partial charge in [-0.15, -0.1) is 0 Å². The van der Waals surface area contributed by atoms with Gasteiger partial charge in [0.15, 0.2) is 0 Å². The molecule has 1 aliphatic rings. The zero-order valence-corrected chi connectivity index (χ0v) is 14.1. The SMILES string of the molecule is CCC1(CC)CCN(CCC(O)c2ccccc2Cl)CC1. The van der Waals surface area contributed by atoms with Crippen molar-refractivity contribution in [3.05, 3.63) is 34.9 Å². The lowest BCUT2D eigenvalue weighted by Gasteiger charge is -2.41. The molecule has 0 amide bonds. The van der Waals surface area contributed by atoms with Crippen molar-refractivity contribution < 1.29 is 5.11 Å². The summed E-state index contributed by atoms with van der Waals surface area (Å²) in [5, 5.41) is 11.0. The highest BCUT2D eigenvalue weighted by atomic mass is 35.5. The monoisotopic (exact) mass is 309 g/mol. The summed E-state index contributed by atoms with van der Waals surface area (Å²) in [6, 6.07) is 7.60. The average molecular weight is 310 g/mol. The first-order valence-corrected chi connectivity index (χ1v) is 8.63. The Morgan fingerprint density at radius 2 is 1.81 bits per heavy atom. The number of nitrogens with zero attached hydrogens (tertiary/aromatic N) is 1. The molecule has 0 radical (unpaired) electrons. The van der Waals surface area contributed by atoms with E-state index in [1.165, 1.54) is 25.7 Å². The second-order valence-corrected chi connectivity index (χ2v) is 6.78. The summed E-state index contributed by atoms with van der Waals surface area (Å²) in [4.78, 5) is 2.49. The highest BCUT2D eigenvalue weighted by Crippen LogP contribution is 2.38. The molecule has 2 rings (SSSR count). The minimum atomic E-state index is -0.456. The molecule has 3 heteroatoms. The third-order valence-corrected chi connectivity index (χ3v) is 5.74. The van der Waals surface area contributed by atoms with E-state index < -0.39 is 6.10 Å². The first-order valence-electron chi connectivity index (χ1n) is 8.25. The van der Waals surface area contributed by atoms with Gasteiger partial charge in [0.25, 0.3) is 0 Å². The Balaban J connectivity index is 1.81. The van der Waals surface area contributed by atoms with Gasteiger partial charge in [-0.2, -0.15) is 0 Å². The fourth-order valence-corrected chi connectivity index (χ4v) is 3.68. The first-order chi connectivity index (χ1) is 10.1. The summed E-state index contributed by atoms with van der Waals surface area (Å²) in [5.41, 5.74) is 1.42. The van der Waals surface area contributed by atoms with Gasteiger partial charge >= 0.3 is 0 Å². The molecule has 0 aliphatic carbocycles. The quantitative estimate of drug-likeness (QED) is 0.825. The number of rotatable bonds is 6. The molecule has 1 atom stereocenters. The molecule has 1 aromatic carbocycles. The maximum absolute atomic E-state index is 10.3. The van der Waals surface area contributed by atoms with Gasteiger partial charge in [0.1, 0.15) is 0 Å². The molecule has 0 saturated carbocycles. The Bertz CT molecular complexity index is 435. The summed E-state index contributed by atoms with van der Waals surface area (Å²) in [6.45, 7) is 7.92. The van der Waals surface area contributed by atoms with Crippen LogP contribution in [0.15, 0.2) is 24.3 Å². The van der Waals surface area contributed by atoms with Gasteiger partial charge in [-0.05, 0) is 49.4 Å². The summed E-state index contributed by atoms with van der Waals surface area (Å²) in [7, 11) is 0. The fraction of sp³-hybridized carbons (Fsp3) is 0.667. The molecule has 0 aromatic heterocycles. The predicted molar refractivity (Wildman–Crippen MR) is 89.7 cm³/mol. The molecule has 1 heterocycles. The van der Waals surface area contributed by atoms with Crippen LogP contribution in [0.5, 0.6) is 0 Å². The van der Waals surface area contributed by atoms with Crippen molar-refractivity contribution in [2.45, 2.75) is 52.1 Å². The molecule has 0 bridgehead atoms. The van der Waals surface area contributed by atoms with Crippen molar-refractivity contribution in [3.8, 4) is 0 Å². The van der Waals surface area contributed by atoms with Gasteiger partial charge in [-0.25, -0.2) is 0 Å². The van der Waals surface area contributed by atoms with E-state index in [9.17, 15) is 5.11 Å². The van der Waals surface area contributed by atoms with Gasteiger partial charge in [0.05, 0.1) is 6.10 Å². The summed E-state index contributed by atoms with van der Waals surface area (Å²) < 4.78 is 0. The third-order valence-electron chi connectivity index (χ3n) is 5.40. The van der Waals surface area contributed by atoms with Crippen LogP contribution in [-0.4, -0.2) is 29.6 Å². The van der Waals surface area contributed by atoms with Crippen LogP contribution in [0.25, 0.3) is 0 Å². The lowest BCUT2D eigenvalue weighted by Crippen LogP contribution is -2.40. The predicted octanol–water partition coefficient (Wildman–Crippen LogP) is 4.67.